The number of aryl methyl sites for hydroxylation is 2. The van der Waals surface area contributed by atoms with Gasteiger partial charge in [-0.1, -0.05) is 53.8 Å². The van der Waals surface area contributed by atoms with Crippen LogP contribution in [0.5, 0.6) is 5.75 Å². The van der Waals surface area contributed by atoms with Crippen molar-refractivity contribution in [3.63, 3.8) is 0 Å². The Balaban J connectivity index is 1.57. The number of Topliss-reactive ketones (excluding diaryl/α,β-unsaturated/α-hetero) is 1. The van der Waals surface area contributed by atoms with Crippen LogP contribution in [0, 0.1) is 19.7 Å². The molecule has 1 atom stereocenters. The van der Waals surface area contributed by atoms with Gasteiger partial charge in [0.2, 0.25) is 0 Å². The summed E-state index contributed by atoms with van der Waals surface area (Å²) >= 11 is 0.887. The molecule has 0 aliphatic carbocycles. The molecule has 41 heavy (non-hydrogen) atoms. The number of aliphatic hydroxyl groups is 1. The highest BCUT2D eigenvalue weighted by atomic mass is 32.1. The number of carbonyl (C=O) groups is 3. The minimum absolute atomic E-state index is 0.0692. The number of nitrogens with zero attached hydrogens (tertiary/aromatic N) is 2. The number of hydrogen-bond acceptors (Lipinski definition) is 8. The van der Waals surface area contributed by atoms with Crippen LogP contribution in [0.1, 0.15) is 43.7 Å². The number of hydrogen-bond donors (Lipinski definition) is 1. The van der Waals surface area contributed by atoms with Gasteiger partial charge >= 0.3 is 11.9 Å². The van der Waals surface area contributed by atoms with Crippen LogP contribution < -0.4 is 9.64 Å². The van der Waals surface area contributed by atoms with Crippen LogP contribution in [0.3, 0.4) is 0 Å². The zero-order valence-electron chi connectivity index (χ0n) is 22.4. The lowest BCUT2D eigenvalue weighted by atomic mass is 9.94. The molecule has 0 spiro atoms. The van der Waals surface area contributed by atoms with Crippen molar-refractivity contribution in [1.82, 2.24) is 4.98 Å². The Morgan fingerprint density at radius 2 is 1.76 bits per heavy atom. The third-order valence-electron chi connectivity index (χ3n) is 6.69. The summed E-state index contributed by atoms with van der Waals surface area (Å²) in [5, 5.41) is 11.6. The number of aromatic nitrogens is 1. The molecular weight excluding hydrogens is 547 g/mol. The number of halogens is 1. The SMILES string of the molecule is COC(=O)c1sc(N2C(=O)C(=O)/C(=C(/O)c3ccc(OCc4ccccc4)cc3C)[C@@H]2c2ccc(F)cc2)nc1C. The van der Waals surface area contributed by atoms with E-state index in [1.165, 1.54) is 31.4 Å². The van der Waals surface area contributed by atoms with Crippen molar-refractivity contribution in [1.29, 1.82) is 0 Å². The Hall–Kier alpha value is -4.83. The van der Waals surface area contributed by atoms with Crippen molar-refractivity contribution in [2.24, 2.45) is 0 Å². The molecule has 1 fully saturated rings. The average molecular weight is 573 g/mol. The Labute approximate surface area is 239 Å². The number of rotatable bonds is 7. The average Bonchev–Trinajstić information content (AvgIpc) is 3.48. The topological polar surface area (TPSA) is 106 Å². The maximum atomic E-state index is 13.8. The summed E-state index contributed by atoms with van der Waals surface area (Å²) in [7, 11) is 1.23. The first-order chi connectivity index (χ1) is 19.7. The number of aliphatic hydroxyl groups excluding tert-OH is 1. The van der Waals surface area contributed by atoms with E-state index in [0.717, 1.165) is 21.8 Å². The van der Waals surface area contributed by atoms with Crippen molar-refractivity contribution in [2.45, 2.75) is 26.5 Å². The molecule has 1 aromatic heterocycles. The van der Waals surface area contributed by atoms with Gasteiger partial charge in [0, 0.05) is 5.56 Å². The number of anilines is 1. The Morgan fingerprint density at radius 1 is 1.05 bits per heavy atom. The molecule has 208 valence electrons. The van der Waals surface area contributed by atoms with Gasteiger partial charge in [0.05, 0.1) is 24.4 Å². The zero-order valence-corrected chi connectivity index (χ0v) is 23.2. The summed E-state index contributed by atoms with van der Waals surface area (Å²) in [5.74, 6) is -2.85. The number of esters is 1. The van der Waals surface area contributed by atoms with Crippen LogP contribution in [0.2, 0.25) is 0 Å². The molecule has 0 bridgehead atoms. The van der Waals surface area contributed by atoms with Crippen LogP contribution in [0.25, 0.3) is 5.76 Å². The Morgan fingerprint density at radius 3 is 2.41 bits per heavy atom. The fourth-order valence-corrected chi connectivity index (χ4v) is 5.65. The van der Waals surface area contributed by atoms with Crippen LogP contribution >= 0.6 is 11.3 Å². The number of methoxy groups -OCH3 is 1. The van der Waals surface area contributed by atoms with E-state index in [0.29, 0.717) is 34.7 Å². The minimum Gasteiger partial charge on any atom is -0.507 e. The molecule has 1 saturated heterocycles. The zero-order chi connectivity index (χ0) is 29.3. The molecule has 8 nitrogen and oxygen atoms in total. The second-order valence-electron chi connectivity index (χ2n) is 9.37. The van der Waals surface area contributed by atoms with Crippen molar-refractivity contribution >= 4 is 39.9 Å². The third-order valence-corrected chi connectivity index (χ3v) is 7.83. The lowest BCUT2D eigenvalue weighted by molar-refractivity contribution is -0.132. The number of amides is 1. The molecule has 4 aromatic rings. The standard InChI is InChI=1S/C31H25FN2O6S/c1-17-15-22(40-16-19-7-5-4-6-8-19)13-14-23(17)26(35)24-25(20-9-11-21(32)12-10-20)34(29(37)27(24)36)31-33-18(2)28(41-31)30(38)39-3/h4-15,25,35H,16H2,1-3H3/b26-24+/t25-/m0/s1. The molecule has 2 heterocycles. The van der Waals surface area contributed by atoms with E-state index < -0.39 is 35.3 Å². The second-order valence-corrected chi connectivity index (χ2v) is 10.4. The molecule has 1 aliphatic rings. The van der Waals surface area contributed by atoms with Crippen LogP contribution in [-0.2, 0) is 20.9 Å². The maximum absolute atomic E-state index is 13.8. The van der Waals surface area contributed by atoms with Crippen LogP contribution in [-0.4, -0.2) is 34.9 Å². The molecule has 3 aromatic carbocycles. The van der Waals surface area contributed by atoms with Gasteiger partial charge in [-0.2, -0.15) is 0 Å². The Bertz CT molecular complexity index is 1680. The molecule has 0 radical (unpaired) electrons. The normalized spacial score (nSPS) is 16.2. The molecule has 1 N–H and O–H groups in total. The summed E-state index contributed by atoms with van der Waals surface area (Å²) in [6.07, 6.45) is 0. The summed E-state index contributed by atoms with van der Waals surface area (Å²) in [4.78, 5) is 44.7. The fraction of sp³-hybridized carbons (Fsp3) is 0.161. The van der Waals surface area contributed by atoms with Gasteiger partial charge < -0.3 is 14.6 Å². The largest absolute Gasteiger partial charge is 0.507 e. The maximum Gasteiger partial charge on any atom is 0.350 e. The number of carbonyl (C=O) groups excluding carboxylic acids is 3. The molecule has 5 rings (SSSR count). The highest BCUT2D eigenvalue weighted by Crippen LogP contribution is 2.44. The van der Waals surface area contributed by atoms with E-state index in [1.807, 2.05) is 30.3 Å². The fourth-order valence-electron chi connectivity index (χ4n) is 4.64. The van der Waals surface area contributed by atoms with E-state index in [-0.39, 0.29) is 15.6 Å². The molecular formula is C31H25FN2O6S. The highest BCUT2D eigenvalue weighted by molar-refractivity contribution is 7.17. The predicted octanol–water partition coefficient (Wildman–Crippen LogP) is 5.89. The summed E-state index contributed by atoms with van der Waals surface area (Å²) in [6, 6.07) is 18.8. The monoisotopic (exact) mass is 572 g/mol. The molecule has 0 unspecified atom stereocenters. The number of benzene rings is 3. The summed E-state index contributed by atoms with van der Waals surface area (Å²) in [6.45, 7) is 3.68. The molecule has 0 saturated carbocycles. The van der Waals surface area contributed by atoms with Gasteiger partial charge in [-0.3, -0.25) is 14.5 Å². The number of ether oxygens (including phenoxy) is 2. The van der Waals surface area contributed by atoms with Gasteiger partial charge in [-0.25, -0.2) is 14.2 Å². The van der Waals surface area contributed by atoms with Gasteiger partial charge in [0.1, 0.15) is 28.8 Å². The van der Waals surface area contributed by atoms with Crippen molar-refractivity contribution in [2.75, 3.05) is 12.0 Å². The first-order valence-corrected chi connectivity index (χ1v) is 13.4. The van der Waals surface area contributed by atoms with Crippen LogP contribution in [0.4, 0.5) is 9.52 Å². The van der Waals surface area contributed by atoms with Gasteiger partial charge in [0.25, 0.3) is 5.78 Å². The quantitative estimate of drug-likeness (QED) is 0.127. The van der Waals surface area contributed by atoms with Crippen LogP contribution in [0.15, 0.2) is 78.4 Å². The third kappa shape index (κ3) is 5.33. The Kier molecular flexibility index (Phi) is 7.67. The van der Waals surface area contributed by atoms with Crippen molar-refractivity contribution in [3.05, 3.63) is 117 Å². The van der Waals surface area contributed by atoms with E-state index in [4.69, 9.17) is 9.47 Å². The first kappa shape index (κ1) is 27.7. The van der Waals surface area contributed by atoms with Gasteiger partial charge in [-0.15, -0.1) is 0 Å². The lowest BCUT2D eigenvalue weighted by Crippen LogP contribution is -2.29. The lowest BCUT2D eigenvalue weighted by Gasteiger charge is -2.23. The molecule has 1 amide bonds. The molecule has 1 aliphatic heterocycles. The van der Waals surface area contributed by atoms with E-state index >= 15 is 0 Å². The molecule has 10 heteroatoms. The minimum atomic E-state index is -1.12. The predicted molar refractivity (Wildman–Crippen MR) is 151 cm³/mol. The van der Waals surface area contributed by atoms with Crippen molar-refractivity contribution < 1.29 is 33.4 Å². The smallest absolute Gasteiger partial charge is 0.350 e. The number of ketones is 1. The van der Waals surface area contributed by atoms with E-state index in [9.17, 15) is 23.9 Å². The number of thiazole rings is 1. The summed E-state index contributed by atoms with van der Waals surface area (Å²) in [5.41, 5.74) is 2.43. The van der Waals surface area contributed by atoms with Gasteiger partial charge in [0.15, 0.2) is 5.13 Å². The summed E-state index contributed by atoms with van der Waals surface area (Å²) < 4.78 is 24.5. The van der Waals surface area contributed by atoms with Crippen molar-refractivity contribution in [3.8, 4) is 5.75 Å². The van der Waals surface area contributed by atoms with E-state index in [2.05, 4.69) is 4.98 Å². The second kappa shape index (κ2) is 11.3. The van der Waals surface area contributed by atoms with E-state index in [1.54, 1.807) is 32.0 Å². The van der Waals surface area contributed by atoms with Gasteiger partial charge in [-0.05, 0) is 60.9 Å². The first-order valence-electron chi connectivity index (χ1n) is 12.6. The highest BCUT2D eigenvalue weighted by Gasteiger charge is 2.48.